The van der Waals surface area contributed by atoms with Crippen molar-refractivity contribution in [3.05, 3.63) is 0 Å². The van der Waals surface area contributed by atoms with Crippen molar-refractivity contribution in [2.75, 3.05) is 38.0 Å². The van der Waals surface area contributed by atoms with Gasteiger partial charge in [0.25, 0.3) is 0 Å². The van der Waals surface area contributed by atoms with Crippen LogP contribution in [0.3, 0.4) is 0 Å². The lowest BCUT2D eigenvalue weighted by Crippen LogP contribution is -2.24. The predicted molar refractivity (Wildman–Crippen MR) is 75.2 cm³/mol. The van der Waals surface area contributed by atoms with E-state index in [2.05, 4.69) is 25.7 Å². The van der Waals surface area contributed by atoms with Gasteiger partial charge in [-0.2, -0.15) is 15.0 Å². The molecule has 0 saturated heterocycles. The number of amides is 1. The third kappa shape index (κ3) is 5.22. The van der Waals surface area contributed by atoms with E-state index in [4.69, 9.17) is 10.6 Å². The van der Waals surface area contributed by atoms with E-state index >= 15 is 0 Å². The SMILES string of the molecule is CCCOc1nc(NN)nc(NCCC(=O)N(C)C)n1. The van der Waals surface area contributed by atoms with Gasteiger partial charge in [-0.25, -0.2) is 5.84 Å². The van der Waals surface area contributed by atoms with Crippen molar-refractivity contribution in [2.45, 2.75) is 19.8 Å². The van der Waals surface area contributed by atoms with Crippen molar-refractivity contribution in [3.63, 3.8) is 0 Å². The van der Waals surface area contributed by atoms with Gasteiger partial charge >= 0.3 is 6.01 Å². The molecule has 0 saturated carbocycles. The number of nitrogens with two attached hydrogens (primary N) is 1. The summed E-state index contributed by atoms with van der Waals surface area (Å²) in [5, 5.41) is 2.94. The molecule has 0 aliphatic heterocycles. The molecule has 0 aromatic carbocycles. The molecule has 0 fully saturated rings. The van der Waals surface area contributed by atoms with Crippen molar-refractivity contribution >= 4 is 17.8 Å². The van der Waals surface area contributed by atoms with Crippen LogP contribution in [-0.4, -0.2) is 53.0 Å². The molecule has 0 atom stereocenters. The number of aromatic nitrogens is 3. The summed E-state index contributed by atoms with van der Waals surface area (Å²) < 4.78 is 5.33. The molecule has 9 nitrogen and oxygen atoms in total. The van der Waals surface area contributed by atoms with Crippen LogP contribution in [0.25, 0.3) is 0 Å². The molecular weight excluding hydrogens is 262 g/mol. The van der Waals surface area contributed by atoms with Gasteiger partial charge < -0.3 is 15.0 Å². The highest BCUT2D eigenvalue weighted by Gasteiger charge is 2.08. The van der Waals surface area contributed by atoms with Crippen LogP contribution in [0.15, 0.2) is 0 Å². The van der Waals surface area contributed by atoms with E-state index in [0.29, 0.717) is 25.5 Å². The van der Waals surface area contributed by atoms with Crippen LogP contribution in [-0.2, 0) is 4.79 Å². The average molecular weight is 283 g/mol. The molecule has 0 spiro atoms. The van der Waals surface area contributed by atoms with Crippen LogP contribution in [0, 0.1) is 0 Å². The lowest BCUT2D eigenvalue weighted by molar-refractivity contribution is -0.128. The number of nitrogens with one attached hydrogen (secondary N) is 2. The number of carbonyl (C=O) groups excluding carboxylic acids is 1. The number of rotatable bonds is 8. The molecule has 1 heterocycles. The molecule has 9 heteroatoms. The smallest absolute Gasteiger partial charge is 0.323 e. The second-order valence-electron chi connectivity index (χ2n) is 4.22. The summed E-state index contributed by atoms with van der Waals surface area (Å²) in [5.74, 6) is 5.82. The van der Waals surface area contributed by atoms with Crippen molar-refractivity contribution in [2.24, 2.45) is 5.84 Å². The Bertz CT molecular complexity index is 439. The lowest BCUT2D eigenvalue weighted by atomic mass is 10.4. The van der Waals surface area contributed by atoms with Crippen LogP contribution in [0.1, 0.15) is 19.8 Å². The molecule has 4 N–H and O–H groups in total. The van der Waals surface area contributed by atoms with Crippen LogP contribution >= 0.6 is 0 Å². The minimum absolute atomic E-state index is 0.0196. The fraction of sp³-hybridized carbons (Fsp3) is 0.636. The van der Waals surface area contributed by atoms with Crippen molar-refractivity contribution in [3.8, 4) is 6.01 Å². The van der Waals surface area contributed by atoms with E-state index in [-0.39, 0.29) is 17.9 Å². The van der Waals surface area contributed by atoms with E-state index in [1.165, 1.54) is 4.90 Å². The van der Waals surface area contributed by atoms with E-state index in [1.807, 2.05) is 6.92 Å². The molecule has 1 rings (SSSR count). The fourth-order valence-electron chi connectivity index (χ4n) is 1.26. The quantitative estimate of drug-likeness (QED) is 0.445. The average Bonchev–Trinajstić information content (AvgIpc) is 2.44. The maximum Gasteiger partial charge on any atom is 0.323 e. The maximum absolute atomic E-state index is 11.4. The van der Waals surface area contributed by atoms with Gasteiger partial charge in [0.1, 0.15) is 0 Å². The number of anilines is 2. The molecule has 1 aromatic rings. The molecule has 20 heavy (non-hydrogen) atoms. The van der Waals surface area contributed by atoms with E-state index in [0.717, 1.165) is 6.42 Å². The largest absolute Gasteiger partial charge is 0.463 e. The highest BCUT2D eigenvalue weighted by molar-refractivity contribution is 5.75. The second kappa shape index (κ2) is 8.10. The number of hydrogen-bond donors (Lipinski definition) is 3. The number of hydrogen-bond acceptors (Lipinski definition) is 8. The molecule has 0 unspecified atom stereocenters. The Morgan fingerprint density at radius 1 is 1.30 bits per heavy atom. The van der Waals surface area contributed by atoms with Crippen LogP contribution < -0.4 is 21.3 Å². The van der Waals surface area contributed by atoms with E-state index < -0.39 is 0 Å². The third-order valence-electron chi connectivity index (χ3n) is 2.30. The standard InChI is InChI=1S/C11H21N7O2/c1-4-7-20-11-15-9(14-10(16-11)17-12)13-6-5-8(19)18(2)3/h4-7,12H2,1-3H3,(H2,13,14,15,16,17). The summed E-state index contributed by atoms with van der Waals surface area (Å²) in [4.78, 5) is 25.0. The zero-order valence-corrected chi connectivity index (χ0v) is 12.0. The lowest BCUT2D eigenvalue weighted by Gasteiger charge is -2.11. The minimum Gasteiger partial charge on any atom is -0.463 e. The zero-order valence-electron chi connectivity index (χ0n) is 12.0. The summed E-state index contributed by atoms with van der Waals surface area (Å²) in [6.07, 6.45) is 1.19. The van der Waals surface area contributed by atoms with Crippen LogP contribution in [0.5, 0.6) is 6.01 Å². The molecule has 112 valence electrons. The highest BCUT2D eigenvalue weighted by Crippen LogP contribution is 2.10. The van der Waals surface area contributed by atoms with Crippen molar-refractivity contribution < 1.29 is 9.53 Å². The number of nitrogen functional groups attached to an aromatic ring is 1. The Balaban J connectivity index is 2.61. The van der Waals surface area contributed by atoms with Gasteiger partial charge in [0.15, 0.2) is 0 Å². The van der Waals surface area contributed by atoms with Gasteiger partial charge in [-0.1, -0.05) is 6.92 Å². The molecule has 1 amide bonds. The topological polar surface area (TPSA) is 118 Å². The first-order chi connectivity index (χ1) is 9.56. The van der Waals surface area contributed by atoms with Gasteiger partial charge in [-0.3, -0.25) is 10.2 Å². The monoisotopic (exact) mass is 283 g/mol. The summed E-state index contributed by atoms with van der Waals surface area (Å²) >= 11 is 0. The Hall–Kier alpha value is -2.16. The highest BCUT2D eigenvalue weighted by atomic mass is 16.5. The first kappa shape index (κ1) is 15.9. The van der Waals surface area contributed by atoms with Gasteiger partial charge in [0, 0.05) is 27.1 Å². The normalized spacial score (nSPS) is 10.0. The third-order valence-corrected chi connectivity index (χ3v) is 2.30. The Kier molecular flexibility index (Phi) is 6.44. The first-order valence-corrected chi connectivity index (χ1v) is 6.36. The number of nitrogens with zero attached hydrogens (tertiary/aromatic N) is 4. The molecule has 0 radical (unpaired) electrons. The Morgan fingerprint density at radius 3 is 2.60 bits per heavy atom. The summed E-state index contributed by atoms with van der Waals surface area (Å²) in [7, 11) is 3.41. The maximum atomic E-state index is 11.4. The van der Waals surface area contributed by atoms with Gasteiger partial charge in [0.2, 0.25) is 17.8 Å². The number of carbonyl (C=O) groups is 1. The Morgan fingerprint density at radius 2 is 2.00 bits per heavy atom. The zero-order chi connectivity index (χ0) is 15.0. The first-order valence-electron chi connectivity index (χ1n) is 6.36. The minimum atomic E-state index is 0.0196. The molecular formula is C11H21N7O2. The summed E-state index contributed by atoms with van der Waals surface area (Å²) in [6, 6.07) is 0.191. The van der Waals surface area contributed by atoms with Crippen LogP contribution in [0.4, 0.5) is 11.9 Å². The molecule has 0 bridgehead atoms. The van der Waals surface area contributed by atoms with Crippen molar-refractivity contribution in [1.29, 1.82) is 0 Å². The summed E-state index contributed by atoms with van der Waals surface area (Å²) in [5.41, 5.74) is 2.34. The van der Waals surface area contributed by atoms with E-state index in [1.54, 1.807) is 14.1 Å². The number of ether oxygens (including phenoxy) is 1. The number of hydrazine groups is 1. The van der Waals surface area contributed by atoms with E-state index in [9.17, 15) is 4.79 Å². The fourth-order valence-corrected chi connectivity index (χ4v) is 1.26. The Labute approximate surface area is 117 Å². The molecule has 0 aliphatic carbocycles. The second-order valence-corrected chi connectivity index (χ2v) is 4.22. The molecule has 0 aliphatic rings. The van der Waals surface area contributed by atoms with Gasteiger partial charge in [-0.15, -0.1) is 0 Å². The molecule has 1 aromatic heterocycles. The van der Waals surface area contributed by atoms with Gasteiger partial charge in [0.05, 0.1) is 6.61 Å². The van der Waals surface area contributed by atoms with Gasteiger partial charge in [-0.05, 0) is 6.42 Å². The van der Waals surface area contributed by atoms with Crippen LogP contribution in [0.2, 0.25) is 0 Å². The van der Waals surface area contributed by atoms with Crippen molar-refractivity contribution in [1.82, 2.24) is 19.9 Å². The summed E-state index contributed by atoms with van der Waals surface area (Å²) in [6.45, 7) is 2.90. The predicted octanol–water partition coefficient (Wildman–Crippen LogP) is -0.164.